The molecular formula is C25H23F3N2O2. The van der Waals surface area contributed by atoms with E-state index in [2.05, 4.69) is 4.98 Å². The molecule has 0 radical (unpaired) electrons. The molecule has 0 unspecified atom stereocenters. The van der Waals surface area contributed by atoms with E-state index in [1.54, 1.807) is 50.2 Å². The highest BCUT2D eigenvalue weighted by Gasteiger charge is 2.18. The number of carbonyl (C=O) groups excluding carboxylic acids is 2. The van der Waals surface area contributed by atoms with E-state index in [0.29, 0.717) is 16.7 Å². The molecular weight excluding hydrogens is 417 g/mol. The lowest BCUT2D eigenvalue weighted by Gasteiger charge is -2.19. The molecule has 0 aliphatic heterocycles. The van der Waals surface area contributed by atoms with Crippen LogP contribution < -0.4 is 4.90 Å². The van der Waals surface area contributed by atoms with Gasteiger partial charge in [-0.25, -0.2) is 4.39 Å². The van der Waals surface area contributed by atoms with Crippen LogP contribution in [0.5, 0.6) is 0 Å². The van der Waals surface area contributed by atoms with Crippen LogP contribution in [-0.4, -0.2) is 23.7 Å². The minimum Gasteiger partial charge on any atom is -0.313 e. The molecule has 0 aliphatic carbocycles. The van der Waals surface area contributed by atoms with Crippen LogP contribution in [0.25, 0.3) is 11.1 Å². The highest BCUT2D eigenvalue weighted by Crippen LogP contribution is 2.31. The second-order valence-electron chi connectivity index (χ2n) is 7.46. The molecule has 4 nitrogen and oxygen atoms in total. The standard InChI is InChI=1S/C25H23F3N2O2/c1-4-23(32)30(3)20-12-11-19(15(2)24(20)27)16-5-7-17(8-6-16)21(31)13-9-18-10-14-22(26)29-25(18)28/h5-8,10-12,14H,4,9,13H2,1-3H3. The summed E-state index contributed by atoms with van der Waals surface area (Å²) in [5.74, 6) is -2.67. The van der Waals surface area contributed by atoms with Crippen molar-refractivity contribution < 1.29 is 22.8 Å². The molecule has 7 heteroatoms. The Kier molecular flexibility index (Phi) is 7.08. The van der Waals surface area contributed by atoms with Crippen molar-refractivity contribution in [3.05, 3.63) is 82.9 Å². The Hall–Kier alpha value is -3.48. The summed E-state index contributed by atoms with van der Waals surface area (Å²) >= 11 is 0. The molecule has 1 amide bonds. The summed E-state index contributed by atoms with van der Waals surface area (Å²) in [7, 11) is 1.54. The lowest BCUT2D eigenvalue weighted by atomic mass is 9.96. The third kappa shape index (κ3) is 4.88. The predicted molar refractivity (Wildman–Crippen MR) is 117 cm³/mol. The highest BCUT2D eigenvalue weighted by atomic mass is 19.1. The number of hydrogen-bond acceptors (Lipinski definition) is 3. The van der Waals surface area contributed by atoms with Crippen LogP contribution >= 0.6 is 0 Å². The first kappa shape index (κ1) is 23.2. The van der Waals surface area contributed by atoms with Gasteiger partial charge in [0.1, 0.15) is 5.82 Å². The summed E-state index contributed by atoms with van der Waals surface area (Å²) in [6.07, 6.45) is 0.426. The van der Waals surface area contributed by atoms with Crippen LogP contribution in [0.1, 0.15) is 41.3 Å². The van der Waals surface area contributed by atoms with Crippen molar-refractivity contribution in [3.63, 3.8) is 0 Å². The number of amides is 1. The monoisotopic (exact) mass is 440 g/mol. The first-order valence-corrected chi connectivity index (χ1v) is 10.2. The quantitative estimate of drug-likeness (QED) is 0.352. The van der Waals surface area contributed by atoms with E-state index < -0.39 is 17.7 Å². The maximum absolute atomic E-state index is 14.9. The van der Waals surface area contributed by atoms with Gasteiger partial charge < -0.3 is 4.90 Å². The third-order valence-corrected chi connectivity index (χ3v) is 5.44. The summed E-state index contributed by atoms with van der Waals surface area (Å²) in [5.41, 5.74) is 2.61. The number of carbonyl (C=O) groups is 2. The molecule has 0 fully saturated rings. The second-order valence-corrected chi connectivity index (χ2v) is 7.46. The van der Waals surface area contributed by atoms with Gasteiger partial charge in [0.2, 0.25) is 17.8 Å². The zero-order chi connectivity index (χ0) is 23.4. The number of hydrogen-bond donors (Lipinski definition) is 0. The Morgan fingerprint density at radius 1 is 0.969 bits per heavy atom. The van der Waals surface area contributed by atoms with Gasteiger partial charge in [-0.15, -0.1) is 0 Å². The van der Waals surface area contributed by atoms with Crippen LogP contribution in [0.3, 0.4) is 0 Å². The van der Waals surface area contributed by atoms with Crippen molar-refractivity contribution in [3.8, 4) is 11.1 Å². The molecule has 0 saturated heterocycles. The Morgan fingerprint density at radius 3 is 2.28 bits per heavy atom. The number of ketones is 1. The van der Waals surface area contributed by atoms with E-state index in [-0.39, 0.29) is 42.2 Å². The number of aryl methyl sites for hydroxylation is 1. The molecule has 0 N–H and O–H groups in total. The van der Waals surface area contributed by atoms with E-state index in [4.69, 9.17) is 0 Å². The van der Waals surface area contributed by atoms with Gasteiger partial charge in [-0.05, 0) is 48.2 Å². The summed E-state index contributed by atoms with van der Waals surface area (Å²) < 4.78 is 41.5. The van der Waals surface area contributed by atoms with Gasteiger partial charge in [0.25, 0.3) is 0 Å². The molecule has 32 heavy (non-hydrogen) atoms. The Labute approximate surface area is 184 Å². The van der Waals surface area contributed by atoms with Crippen molar-refractivity contribution in [1.82, 2.24) is 4.98 Å². The minimum absolute atomic E-state index is 0.0454. The Morgan fingerprint density at radius 2 is 1.66 bits per heavy atom. The fourth-order valence-corrected chi connectivity index (χ4v) is 3.47. The number of rotatable bonds is 7. The maximum atomic E-state index is 14.9. The SMILES string of the molecule is CCC(=O)N(C)c1ccc(-c2ccc(C(=O)CCc3ccc(F)nc3F)cc2)c(C)c1F. The lowest BCUT2D eigenvalue weighted by Crippen LogP contribution is -2.26. The third-order valence-electron chi connectivity index (χ3n) is 5.44. The number of benzene rings is 2. The van der Waals surface area contributed by atoms with Gasteiger partial charge in [-0.1, -0.05) is 37.3 Å². The molecule has 1 aromatic heterocycles. The zero-order valence-corrected chi connectivity index (χ0v) is 18.1. The van der Waals surface area contributed by atoms with Crippen LogP contribution in [0.15, 0.2) is 48.5 Å². The number of Topliss-reactive ketones (excluding diaryl/α,β-unsaturated/α-hetero) is 1. The van der Waals surface area contributed by atoms with Crippen LogP contribution in [0.2, 0.25) is 0 Å². The summed E-state index contributed by atoms with van der Waals surface area (Å²) in [6.45, 7) is 3.36. The minimum atomic E-state index is -0.916. The van der Waals surface area contributed by atoms with Gasteiger partial charge in [-0.3, -0.25) is 9.59 Å². The molecule has 166 valence electrons. The predicted octanol–water partition coefficient (Wildman–Crippen LogP) is 5.66. The summed E-state index contributed by atoms with van der Waals surface area (Å²) in [4.78, 5) is 28.8. The first-order valence-electron chi connectivity index (χ1n) is 10.2. The number of anilines is 1. The molecule has 0 atom stereocenters. The topological polar surface area (TPSA) is 50.3 Å². The van der Waals surface area contributed by atoms with Crippen LogP contribution in [-0.2, 0) is 11.2 Å². The van der Waals surface area contributed by atoms with E-state index >= 15 is 0 Å². The molecule has 0 aliphatic rings. The molecule has 1 heterocycles. The lowest BCUT2D eigenvalue weighted by molar-refractivity contribution is -0.118. The average molecular weight is 440 g/mol. The van der Waals surface area contributed by atoms with Gasteiger partial charge in [-0.2, -0.15) is 13.8 Å². The molecule has 3 aromatic rings. The largest absolute Gasteiger partial charge is 0.313 e. The molecule has 2 aromatic carbocycles. The van der Waals surface area contributed by atoms with E-state index in [0.717, 1.165) is 11.6 Å². The van der Waals surface area contributed by atoms with E-state index in [9.17, 15) is 22.8 Å². The van der Waals surface area contributed by atoms with Crippen LogP contribution in [0.4, 0.5) is 18.9 Å². The maximum Gasteiger partial charge on any atom is 0.226 e. The van der Waals surface area contributed by atoms with Crippen molar-refractivity contribution >= 4 is 17.4 Å². The average Bonchev–Trinajstić information content (AvgIpc) is 2.79. The van der Waals surface area contributed by atoms with Crippen molar-refractivity contribution in [2.45, 2.75) is 33.1 Å². The van der Waals surface area contributed by atoms with E-state index in [1.165, 1.54) is 18.0 Å². The van der Waals surface area contributed by atoms with Crippen molar-refractivity contribution in [2.24, 2.45) is 0 Å². The van der Waals surface area contributed by atoms with Gasteiger partial charge >= 0.3 is 0 Å². The fraction of sp³-hybridized carbons (Fsp3) is 0.240. The van der Waals surface area contributed by atoms with Crippen LogP contribution in [0, 0.1) is 24.6 Å². The van der Waals surface area contributed by atoms with Crippen molar-refractivity contribution in [2.75, 3.05) is 11.9 Å². The normalized spacial score (nSPS) is 10.8. The highest BCUT2D eigenvalue weighted by molar-refractivity contribution is 5.97. The van der Waals surface area contributed by atoms with Gasteiger partial charge in [0.05, 0.1) is 5.69 Å². The van der Waals surface area contributed by atoms with Crippen molar-refractivity contribution in [1.29, 1.82) is 0 Å². The summed E-state index contributed by atoms with van der Waals surface area (Å²) in [5, 5.41) is 0. The van der Waals surface area contributed by atoms with E-state index in [1.807, 2.05) is 0 Å². The zero-order valence-electron chi connectivity index (χ0n) is 18.1. The number of halogens is 3. The molecule has 3 rings (SSSR count). The smallest absolute Gasteiger partial charge is 0.226 e. The Balaban J connectivity index is 1.75. The second kappa shape index (κ2) is 9.77. The number of pyridine rings is 1. The summed E-state index contributed by atoms with van der Waals surface area (Å²) in [6, 6.07) is 12.3. The number of nitrogens with zero attached hydrogens (tertiary/aromatic N) is 2. The van der Waals surface area contributed by atoms with Gasteiger partial charge in [0.15, 0.2) is 5.78 Å². The Bertz CT molecular complexity index is 1160. The molecule has 0 spiro atoms. The molecule has 0 saturated carbocycles. The molecule has 0 bridgehead atoms. The fourth-order valence-electron chi connectivity index (χ4n) is 3.47. The first-order chi connectivity index (χ1) is 15.2. The van der Waals surface area contributed by atoms with Gasteiger partial charge in [0, 0.05) is 31.0 Å². The number of aromatic nitrogens is 1.